The van der Waals surface area contributed by atoms with Crippen molar-refractivity contribution in [3.8, 4) is 0 Å². The second-order valence-electron chi connectivity index (χ2n) is 5.58. The Morgan fingerprint density at radius 1 is 1.40 bits per heavy atom. The first kappa shape index (κ1) is 12.5. The summed E-state index contributed by atoms with van der Waals surface area (Å²) in [4.78, 5) is 13.8. The Kier molecular flexibility index (Phi) is 4.14. The Hall–Kier alpha value is -0.570. The number of carbonyl (C=O) groups excluding carboxylic acids is 1. The lowest BCUT2D eigenvalue weighted by atomic mass is 9.85. The average molecular weight is 212 g/mol. The van der Waals surface area contributed by atoms with Gasteiger partial charge in [-0.2, -0.15) is 0 Å². The largest absolute Gasteiger partial charge is 0.343 e. The molecule has 0 saturated carbocycles. The number of carbonyl (C=O) groups is 1. The summed E-state index contributed by atoms with van der Waals surface area (Å²) in [5.74, 6) is 0.225. The zero-order chi connectivity index (χ0) is 11.5. The summed E-state index contributed by atoms with van der Waals surface area (Å²) >= 11 is 0. The fourth-order valence-electron chi connectivity index (χ4n) is 2.08. The SMILES string of the molecule is CC(N)CC(=O)N1CCCC(C)(C)CC1. The highest BCUT2D eigenvalue weighted by atomic mass is 16.2. The summed E-state index contributed by atoms with van der Waals surface area (Å²) in [5.41, 5.74) is 6.04. The molecule has 1 saturated heterocycles. The summed E-state index contributed by atoms with van der Waals surface area (Å²) in [6, 6.07) is -0.0197. The number of likely N-dealkylation sites (tertiary alicyclic amines) is 1. The topological polar surface area (TPSA) is 46.3 Å². The third kappa shape index (κ3) is 4.20. The van der Waals surface area contributed by atoms with E-state index in [-0.39, 0.29) is 11.9 Å². The first-order chi connectivity index (χ1) is 6.91. The van der Waals surface area contributed by atoms with E-state index in [9.17, 15) is 4.79 Å². The van der Waals surface area contributed by atoms with E-state index < -0.39 is 0 Å². The van der Waals surface area contributed by atoms with Crippen LogP contribution in [-0.4, -0.2) is 29.9 Å². The molecule has 0 aromatic rings. The molecular weight excluding hydrogens is 188 g/mol. The van der Waals surface area contributed by atoms with Gasteiger partial charge in [-0.3, -0.25) is 4.79 Å². The average Bonchev–Trinajstić information content (AvgIpc) is 2.25. The predicted octanol–water partition coefficient (Wildman–Crippen LogP) is 1.76. The molecule has 2 N–H and O–H groups in total. The lowest BCUT2D eigenvalue weighted by Crippen LogP contribution is -2.35. The number of hydrogen-bond donors (Lipinski definition) is 1. The van der Waals surface area contributed by atoms with Gasteiger partial charge in [0.15, 0.2) is 0 Å². The van der Waals surface area contributed by atoms with Crippen LogP contribution in [0.25, 0.3) is 0 Å². The molecule has 0 bridgehead atoms. The zero-order valence-corrected chi connectivity index (χ0v) is 10.3. The number of nitrogens with two attached hydrogens (primary N) is 1. The van der Waals surface area contributed by atoms with Crippen LogP contribution in [0.15, 0.2) is 0 Å². The van der Waals surface area contributed by atoms with Gasteiger partial charge in [0.05, 0.1) is 0 Å². The summed E-state index contributed by atoms with van der Waals surface area (Å²) in [6.45, 7) is 8.27. The molecule has 1 aliphatic heterocycles. The van der Waals surface area contributed by atoms with Gasteiger partial charge in [0.1, 0.15) is 0 Å². The van der Waals surface area contributed by atoms with Crippen molar-refractivity contribution in [2.45, 2.75) is 52.5 Å². The third-order valence-corrected chi connectivity index (χ3v) is 3.19. The van der Waals surface area contributed by atoms with Crippen LogP contribution in [0.2, 0.25) is 0 Å². The van der Waals surface area contributed by atoms with Crippen molar-refractivity contribution in [3.05, 3.63) is 0 Å². The molecule has 0 spiro atoms. The van der Waals surface area contributed by atoms with Gasteiger partial charge in [0.25, 0.3) is 0 Å². The minimum absolute atomic E-state index is 0.0197. The van der Waals surface area contributed by atoms with Gasteiger partial charge in [-0.1, -0.05) is 13.8 Å². The molecule has 0 aromatic carbocycles. The van der Waals surface area contributed by atoms with Gasteiger partial charge in [-0.05, 0) is 31.6 Å². The smallest absolute Gasteiger partial charge is 0.224 e. The van der Waals surface area contributed by atoms with Crippen molar-refractivity contribution in [2.75, 3.05) is 13.1 Å². The predicted molar refractivity (Wildman–Crippen MR) is 62.5 cm³/mol. The van der Waals surface area contributed by atoms with Crippen LogP contribution in [0, 0.1) is 5.41 Å². The minimum atomic E-state index is -0.0197. The van der Waals surface area contributed by atoms with Crippen molar-refractivity contribution < 1.29 is 4.79 Å². The number of amides is 1. The molecule has 1 heterocycles. The Bertz CT molecular complexity index is 224. The first-order valence-corrected chi connectivity index (χ1v) is 5.94. The van der Waals surface area contributed by atoms with Crippen LogP contribution in [0.4, 0.5) is 0 Å². The maximum atomic E-state index is 11.8. The third-order valence-electron chi connectivity index (χ3n) is 3.19. The minimum Gasteiger partial charge on any atom is -0.343 e. The van der Waals surface area contributed by atoms with E-state index in [4.69, 9.17) is 5.73 Å². The Morgan fingerprint density at radius 3 is 2.67 bits per heavy atom. The van der Waals surface area contributed by atoms with Crippen molar-refractivity contribution >= 4 is 5.91 Å². The molecule has 0 aromatic heterocycles. The number of nitrogens with zero attached hydrogens (tertiary/aromatic N) is 1. The monoisotopic (exact) mass is 212 g/mol. The summed E-state index contributed by atoms with van der Waals surface area (Å²) in [6.07, 6.45) is 3.94. The molecule has 1 atom stereocenters. The van der Waals surface area contributed by atoms with E-state index in [1.54, 1.807) is 0 Å². The maximum absolute atomic E-state index is 11.8. The van der Waals surface area contributed by atoms with E-state index in [2.05, 4.69) is 13.8 Å². The van der Waals surface area contributed by atoms with E-state index in [1.807, 2.05) is 11.8 Å². The van der Waals surface area contributed by atoms with Crippen LogP contribution in [0.5, 0.6) is 0 Å². The quantitative estimate of drug-likeness (QED) is 0.758. The number of hydrogen-bond acceptors (Lipinski definition) is 2. The van der Waals surface area contributed by atoms with Gasteiger partial charge in [-0.15, -0.1) is 0 Å². The molecule has 1 amide bonds. The molecule has 0 radical (unpaired) electrons. The standard InChI is InChI=1S/C12H24N2O/c1-10(13)9-11(15)14-7-4-5-12(2,3)6-8-14/h10H,4-9,13H2,1-3H3. The highest BCUT2D eigenvalue weighted by Gasteiger charge is 2.25. The van der Waals surface area contributed by atoms with Gasteiger partial charge in [0, 0.05) is 25.6 Å². The van der Waals surface area contributed by atoms with E-state index in [0.717, 1.165) is 25.9 Å². The van der Waals surface area contributed by atoms with E-state index >= 15 is 0 Å². The molecular formula is C12H24N2O. The lowest BCUT2D eigenvalue weighted by Gasteiger charge is -2.23. The van der Waals surface area contributed by atoms with Crippen LogP contribution >= 0.6 is 0 Å². The molecule has 1 rings (SSSR count). The lowest BCUT2D eigenvalue weighted by molar-refractivity contribution is -0.131. The Balaban J connectivity index is 2.47. The van der Waals surface area contributed by atoms with Crippen LogP contribution in [0.1, 0.15) is 46.5 Å². The zero-order valence-electron chi connectivity index (χ0n) is 10.3. The van der Waals surface area contributed by atoms with Gasteiger partial charge < -0.3 is 10.6 Å². The molecule has 0 aliphatic carbocycles. The second-order valence-corrected chi connectivity index (χ2v) is 5.58. The molecule has 1 unspecified atom stereocenters. The van der Waals surface area contributed by atoms with Crippen LogP contribution in [-0.2, 0) is 4.79 Å². The van der Waals surface area contributed by atoms with Crippen molar-refractivity contribution in [1.29, 1.82) is 0 Å². The van der Waals surface area contributed by atoms with Crippen molar-refractivity contribution in [2.24, 2.45) is 11.1 Å². The summed E-state index contributed by atoms with van der Waals surface area (Å²) in [7, 11) is 0. The molecule has 3 heteroatoms. The molecule has 3 nitrogen and oxygen atoms in total. The van der Waals surface area contributed by atoms with Crippen LogP contribution in [0.3, 0.4) is 0 Å². The van der Waals surface area contributed by atoms with Gasteiger partial charge >= 0.3 is 0 Å². The van der Waals surface area contributed by atoms with E-state index in [0.29, 0.717) is 11.8 Å². The van der Waals surface area contributed by atoms with Crippen molar-refractivity contribution in [1.82, 2.24) is 4.90 Å². The highest BCUT2D eigenvalue weighted by Crippen LogP contribution is 2.29. The van der Waals surface area contributed by atoms with Crippen LogP contribution < -0.4 is 5.73 Å². The second kappa shape index (κ2) is 4.97. The molecule has 1 fully saturated rings. The summed E-state index contributed by atoms with van der Waals surface area (Å²) < 4.78 is 0. The summed E-state index contributed by atoms with van der Waals surface area (Å²) in [5, 5.41) is 0. The fourth-order valence-corrected chi connectivity index (χ4v) is 2.08. The maximum Gasteiger partial charge on any atom is 0.224 e. The number of rotatable bonds is 2. The highest BCUT2D eigenvalue weighted by molar-refractivity contribution is 5.76. The first-order valence-electron chi connectivity index (χ1n) is 5.94. The molecule has 1 aliphatic rings. The van der Waals surface area contributed by atoms with E-state index in [1.165, 1.54) is 6.42 Å². The van der Waals surface area contributed by atoms with Gasteiger partial charge in [0.2, 0.25) is 5.91 Å². The molecule has 88 valence electrons. The Morgan fingerprint density at radius 2 is 2.07 bits per heavy atom. The fraction of sp³-hybridized carbons (Fsp3) is 0.917. The molecule has 15 heavy (non-hydrogen) atoms. The normalized spacial score (nSPS) is 23.3. The van der Waals surface area contributed by atoms with Crippen molar-refractivity contribution in [3.63, 3.8) is 0 Å². The van der Waals surface area contributed by atoms with Gasteiger partial charge in [-0.25, -0.2) is 0 Å². The Labute approximate surface area is 93.0 Å².